The molecule has 1 amide bonds. The van der Waals surface area contributed by atoms with Crippen LogP contribution < -0.4 is 5.32 Å². The molecule has 3 rings (SSSR count). The van der Waals surface area contributed by atoms with Gasteiger partial charge in [-0.1, -0.05) is 6.42 Å². The van der Waals surface area contributed by atoms with Gasteiger partial charge in [0.1, 0.15) is 11.5 Å². The van der Waals surface area contributed by atoms with Crippen LogP contribution in [0.2, 0.25) is 0 Å². The van der Waals surface area contributed by atoms with E-state index in [0.717, 1.165) is 13.1 Å². The van der Waals surface area contributed by atoms with Gasteiger partial charge >= 0.3 is 0 Å². The second kappa shape index (κ2) is 5.97. The van der Waals surface area contributed by atoms with Gasteiger partial charge in [0.15, 0.2) is 0 Å². The number of anilines is 1. The molecule has 0 aliphatic carbocycles. The Labute approximate surface area is 125 Å². The summed E-state index contributed by atoms with van der Waals surface area (Å²) in [6.07, 6.45) is 6.92. The molecule has 2 fully saturated rings. The number of amides is 1. The average molecular weight is 289 g/mol. The van der Waals surface area contributed by atoms with Crippen molar-refractivity contribution in [2.45, 2.75) is 38.3 Å². The Hall–Kier alpha value is -1.69. The lowest BCUT2D eigenvalue weighted by Gasteiger charge is -2.47. The summed E-state index contributed by atoms with van der Waals surface area (Å²) in [7, 11) is 1.79. The van der Waals surface area contributed by atoms with Crippen LogP contribution in [0.5, 0.6) is 0 Å². The van der Waals surface area contributed by atoms with Crippen molar-refractivity contribution >= 4 is 11.7 Å². The van der Waals surface area contributed by atoms with Crippen LogP contribution in [0.25, 0.3) is 0 Å². The molecule has 0 bridgehead atoms. The van der Waals surface area contributed by atoms with Gasteiger partial charge in [-0.2, -0.15) is 0 Å². The molecule has 6 nitrogen and oxygen atoms in total. The van der Waals surface area contributed by atoms with Crippen LogP contribution in [-0.2, 0) is 0 Å². The first-order chi connectivity index (χ1) is 10.2. The third kappa shape index (κ3) is 2.85. The zero-order valence-electron chi connectivity index (χ0n) is 12.7. The predicted molar refractivity (Wildman–Crippen MR) is 81.3 cm³/mol. The van der Waals surface area contributed by atoms with E-state index in [1.54, 1.807) is 19.4 Å². The number of piperidine rings is 1. The van der Waals surface area contributed by atoms with Crippen LogP contribution >= 0.6 is 0 Å². The lowest BCUT2D eigenvalue weighted by atomic mass is 9.97. The van der Waals surface area contributed by atoms with Crippen molar-refractivity contribution in [3.63, 3.8) is 0 Å². The van der Waals surface area contributed by atoms with E-state index in [2.05, 4.69) is 27.1 Å². The fourth-order valence-corrected chi connectivity index (χ4v) is 3.35. The Morgan fingerprint density at radius 3 is 2.86 bits per heavy atom. The summed E-state index contributed by atoms with van der Waals surface area (Å²) in [4.78, 5) is 25.6. The average Bonchev–Trinajstić information content (AvgIpc) is 2.53. The van der Waals surface area contributed by atoms with Gasteiger partial charge in [0.05, 0.1) is 12.4 Å². The van der Waals surface area contributed by atoms with E-state index in [1.807, 2.05) is 4.90 Å². The number of carbonyl (C=O) groups is 1. The molecule has 0 saturated carbocycles. The standard InChI is InChI=1S/C15H23N5O/c1-11-9-19-6-4-3-5-12(19)10-20(11)15(21)13-7-18-14(16-2)8-17-13/h7-8,11-12H,3-6,9-10H2,1-2H3,(H,16,18). The first-order valence-electron chi connectivity index (χ1n) is 7.74. The number of piperazine rings is 1. The molecule has 2 atom stereocenters. The summed E-state index contributed by atoms with van der Waals surface area (Å²) < 4.78 is 0. The summed E-state index contributed by atoms with van der Waals surface area (Å²) in [6.45, 7) is 5.08. The highest BCUT2D eigenvalue weighted by molar-refractivity contribution is 5.92. The van der Waals surface area contributed by atoms with Crippen molar-refractivity contribution in [3.8, 4) is 0 Å². The van der Waals surface area contributed by atoms with Crippen LogP contribution in [0.3, 0.4) is 0 Å². The quantitative estimate of drug-likeness (QED) is 0.887. The Kier molecular flexibility index (Phi) is 4.05. The number of fused-ring (bicyclic) bond motifs is 1. The van der Waals surface area contributed by atoms with E-state index in [-0.39, 0.29) is 11.9 Å². The van der Waals surface area contributed by atoms with Crippen LogP contribution in [0, 0.1) is 0 Å². The lowest BCUT2D eigenvalue weighted by molar-refractivity contribution is 0.0148. The maximum absolute atomic E-state index is 12.7. The molecule has 114 valence electrons. The first-order valence-corrected chi connectivity index (χ1v) is 7.74. The van der Waals surface area contributed by atoms with E-state index >= 15 is 0 Å². The second-order valence-corrected chi connectivity index (χ2v) is 5.99. The highest BCUT2D eigenvalue weighted by atomic mass is 16.2. The third-order valence-corrected chi connectivity index (χ3v) is 4.58. The smallest absolute Gasteiger partial charge is 0.274 e. The molecule has 2 saturated heterocycles. The lowest BCUT2D eigenvalue weighted by Crippen LogP contribution is -2.60. The zero-order valence-corrected chi connectivity index (χ0v) is 12.7. The van der Waals surface area contributed by atoms with E-state index in [1.165, 1.54) is 25.8 Å². The summed E-state index contributed by atoms with van der Waals surface area (Å²) in [5.74, 6) is 0.680. The van der Waals surface area contributed by atoms with Gasteiger partial charge in [0, 0.05) is 32.2 Å². The number of nitrogens with one attached hydrogen (secondary N) is 1. The van der Waals surface area contributed by atoms with Gasteiger partial charge in [0.25, 0.3) is 5.91 Å². The van der Waals surface area contributed by atoms with Crippen LogP contribution in [0.15, 0.2) is 12.4 Å². The molecule has 2 aliphatic heterocycles. The Morgan fingerprint density at radius 2 is 2.14 bits per heavy atom. The summed E-state index contributed by atoms with van der Waals surface area (Å²) in [5.41, 5.74) is 0.435. The normalized spacial score (nSPS) is 26.3. The minimum Gasteiger partial charge on any atom is -0.372 e. The Morgan fingerprint density at radius 1 is 1.29 bits per heavy atom. The molecule has 1 aromatic rings. The topological polar surface area (TPSA) is 61.4 Å². The highest BCUT2D eigenvalue weighted by Crippen LogP contribution is 2.24. The third-order valence-electron chi connectivity index (χ3n) is 4.58. The minimum atomic E-state index is 0.00266. The molecular formula is C15H23N5O. The molecule has 0 aromatic carbocycles. The highest BCUT2D eigenvalue weighted by Gasteiger charge is 2.35. The summed E-state index contributed by atoms with van der Waals surface area (Å²) in [6, 6.07) is 0.751. The largest absolute Gasteiger partial charge is 0.372 e. The Bertz CT molecular complexity index is 503. The predicted octanol–water partition coefficient (Wildman–Crippen LogP) is 1.22. The fourth-order valence-electron chi connectivity index (χ4n) is 3.35. The van der Waals surface area contributed by atoms with Gasteiger partial charge in [-0.05, 0) is 26.3 Å². The van der Waals surface area contributed by atoms with E-state index < -0.39 is 0 Å². The van der Waals surface area contributed by atoms with Gasteiger partial charge in [-0.15, -0.1) is 0 Å². The van der Waals surface area contributed by atoms with Gasteiger partial charge < -0.3 is 10.2 Å². The molecule has 2 unspecified atom stereocenters. The molecule has 21 heavy (non-hydrogen) atoms. The zero-order chi connectivity index (χ0) is 14.8. The number of carbonyl (C=O) groups excluding carboxylic acids is 1. The SMILES string of the molecule is CNc1cnc(C(=O)N2CC3CCCCN3CC2C)cn1. The number of nitrogens with zero attached hydrogens (tertiary/aromatic N) is 4. The Balaban J connectivity index is 1.73. The first kappa shape index (κ1) is 14.3. The fraction of sp³-hybridized carbons (Fsp3) is 0.667. The van der Waals surface area contributed by atoms with Crippen LogP contribution in [0.4, 0.5) is 5.82 Å². The van der Waals surface area contributed by atoms with Crippen molar-refractivity contribution in [1.29, 1.82) is 0 Å². The molecule has 3 heterocycles. The van der Waals surface area contributed by atoms with Crippen LogP contribution in [0.1, 0.15) is 36.7 Å². The molecule has 0 radical (unpaired) electrons. The monoisotopic (exact) mass is 289 g/mol. The number of aromatic nitrogens is 2. The molecule has 1 N–H and O–H groups in total. The van der Waals surface area contributed by atoms with Gasteiger partial charge in [0.2, 0.25) is 0 Å². The van der Waals surface area contributed by atoms with E-state index in [9.17, 15) is 4.79 Å². The maximum atomic E-state index is 12.7. The molecular weight excluding hydrogens is 266 g/mol. The number of hydrogen-bond acceptors (Lipinski definition) is 5. The minimum absolute atomic E-state index is 0.00266. The summed E-state index contributed by atoms with van der Waals surface area (Å²) in [5, 5.41) is 2.91. The maximum Gasteiger partial charge on any atom is 0.274 e. The molecule has 1 aromatic heterocycles. The molecule has 2 aliphatic rings. The van der Waals surface area contributed by atoms with Crippen molar-refractivity contribution < 1.29 is 4.79 Å². The molecule has 0 spiro atoms. The van der Waals surface area contributed by atoms with E-state index in [0.29, 0.717) is 17.6 Å². The van der Waals surface area contributed by atoms with Crippen molar-refractivity contribution in [2.75, 3.05) is 32.0 Å². The van der Waals surface area contributed by atoms with Gasteiger partial charge in [-0.3, -0.25) is 9.69 Å². The number of rotatable bonds is 2. The van der Waals surface area contributed by atoms with Gasteiger partial charge in [-0.25, -0.2) is 9.97 Å². The second-order valence-electron chi connectivity index (χ2n) is 5.99. The number of hydrogen-bond donors (Lipinski definition) is 1. The van der Waals surface area contributed by atoms with E-state index in [4.69, 9.17) is 0 Å². The van der Waals surface area contributed by atoms with Crippen molar-refractivity contribution in [3.05, 3.63) is 18.1 Å². The van der Waals surface area contributed by atoms with Crippen LogP contribution in [-0.4, -0.2) is 64.4 Å². The molecule has 6 heteroatoms. The van der Waals surface area contributed by atoms with Crippen molar-refractivity contribution in [1.82, 2.24) is 19.8 Å². The van der Waals surface area contributed by atoms with Crippen molar-refractivity contribution in [2.24, 2.45) is 0 Å². The summed E-state index contributed by atoms with van der Waals surface area (Å²) >= 11 is 0.